The first kappa shape index (κ1) is 32.3. The van der Waals surface area contributed by atoms with Crippen LogP contribution >= 0.6 is 0 Å². The minimum atomic E-state index is -1.18. The number of hydrogen-bond donors (Lipinski definition) is 3. The predicted octanol–water partition coefficient (Wildman–Crippen LogP) is 4.20. The lowest BCUT2D eigenvalue weighted by molar-refractivity contribution is -0.910. The number of unbranched alkanes of at least 4 members (excludes halogenated alkanes) is 9. The normalized spacial score (nSPS) is 11.2. The lowest BCUT2D eigenvalue weighted by atomic mass is 10.1. The van der Waals surface area contributed by atoms with E-state index in [2.05, 4.69) is 14.0 Å². The zero-order valence-electron chi connectivity index (χ0n) is 21.6. The number of hydrogen-bond acceptors (Lipinski definition) is 5. The molecule has 198 valence electrons. The van der Waals surface area contributed by atoms with Gasteiger partial charge in [0, 0.05) is 13.0 Å². The number of aliphatic hydroxyl groups is 2. The summed E-state index contributed by atoms with van der Waals surface area (Å²) in [5.74, 6) is -1.62. The average molecular weight is 484 g/mol. The molecule has 0 atom stereocenters. The van der Waals surface area contributed by atoms with Crippen molar-refractivity contribution < 1.29 is 34.4 Å². The van der Waals surface area contributed by atoms with E-state index in [1.54, 1.807) is 0 Å². The maximum atomic E-state index is 10.7. The van der Waals surface area contributed by atoms with Gasteiger partial charge in [0.25, 0.3) is 0 Å². The molecule has 0 fully saturated rings. The largest absolute Gasteiger partial charge is 0.872 e. The van der Waals surface area contributed by atoms with Gasteiger partial charge in [-0.25, -0.2) is 4.79 Å². The molecule has 0 heterocycles. The topological polar surface area (TPSA) is 110 Å². The first-order valence-corrected chi connectivity index (χ1v) is 13.0. The van der Waals surface area contributed by atoms with Gasteiger partial charge in [0.05, 0.1) is 39.0 Å². The minimum absolute atomic E-state index is 0.177. The molecule has 0 spiro atoms. The van der Waals surface area contributed by atoms with E-state index in [4.69, 9.17) is 20.1 Å². The summed E-state index contributed by atoms with van der Waals surface area (Å²) in [4.78, 5) is 10.2. The van der Waals surface area contributed by atoms with Crippen LogP contribution < -0.4 is 5.11 Å². The van der Waals surface area contributed by atoms with Gasteiger partial charge in [-0.3, -0.25) is 0 Å². The quantitative estimate of drug-likeness (QED) is 0.189. The number of aliphatic hydroxyl groups excluding tert-OH is 2. The van der Waals surface area contributed by atoms with Crippen LogP contribution in [0, 0.1) is 0 Å². The van der Waals surface area contributed by atoms with E-state index >= 15 is 0 Å². The van der Waals surface area contributed by atoms with Crippen molar-refractivity contribution in [3.05, 3.63) is 29.8 Å². The fourth-order valence-electron chi connectivity index (χ4n) is 3.80. The molecule has 0 radical (unpaired) electrons. The summed E-state index contributed by atoms with van der Waals surface area (Å²) >= 11 is 0. The highest BCUT2D eigenvalue weighted by Gasteiger charge is 2.19. The number of nitrogens with zero attached hydrogens (tertiary/aromatic N) is 1. The Kier molecular flexibility index (Phi) is 20.8. The third-order valence-corrected chi connectivity index (χ3v) is 6.03. The Balaban J connectivity index is 0.000000896. The lowest BCUT2D eigenvalue weighted by Crippen LogP contribution is -2.48. The van der Waals surface area contributed by atoms with Gasteiger partial charge < -0.3 is 29.6 Å². The third kappa shape index (κ3) is 17.8. The first-order valence-electron chi connectivity index (χ1n) is 13.0. The van der Waals surface area contributed by atoms with E-state index in [1.165, 1.54) is 88.5 Å². The number of rotatable bonds is 20. The molecule has 0 amide bonds. The van der Waals surface area contributed by atoms with Gasteiger partial charge in [0.15, 0.2) is 0 Å². The SMILES string of the molecule is CCCCCCCCCCCCOCCC[N+](C)(CCO)CCO.O=C(O)c1ccccc1[O-]. The maximum Gasteiger partial charge on any atom is 0.335 e. The number of carbonyl (C=O) groups is 1. The molecule has 1 rings (SSSR count). The van der Waals surface area contributed by atoms with Crippen LogP contribution in [-0.4, -0.2) is 78.9 Å². The smallest absolute Gasteiger partial charge is 0.335 e. The Labute approximate surface area is 207 Å². The number of aromatic carboxylic acids is 1. The van der Waals surface area contributed by atoms with Crippen molar-refractivity contribution in [2.45, 2.75) is 77.6 Å². The van der Waals surface area contributed by atoms with E-state index in [0.717, 1.165) is 30.7 Å². The first-order chi connectivity index (χ1) is 16.4. The maximum absolute atomic E-state index is 10.7. The molecular weight excluding hydrogens is 434 g/mol. The molecule has 1 aromatic carbocycles. The highest BCUT2D eigenvalue weighted by atomic mass is 16.5. The fraction of sp³-hybridized carbons (Fsp3) is 0.741. The number of likely N-dealkylation sites (N-methyl/N-ethyl adjacent to an activating group) is 1. The summed E-state index contributed by atoms with van der Waals surface area (Å²) in [5, 5.41) is 37.3. The second-order valence-electron chi connectivity index (χ2n) is 9.19. The van der Waals surface area contributed by atoms with Gasteiger partial charge in [-0.05, 0) is 12.5 Å². The number of carboxylic acids is 1. The van der Waals surface area contributed by atoms with Crippen LogP contribution in [0.2, 0.25) is 0 Å². The molecule has 0 saturated heterocycles. The van der Waals surface area contributed by atoms with Gasteiger partial charge in [-0.2, -0.15) is 0 Å². The van der Waals surface area contributed by atoms with Gasteiger partial charge in [-0.1, -0.05) is 88.7 Å². The number of benzene rings is 1. The molecular formula is C27H49NO6. The van der Waals surface area contributed by atoms with E-state index in [1.807, 2.05) is 0 Å². The van der Waals surface area contributed by atoms with Gasteiger partial charge in [0.1, 0.15) is 13.1 Å². The molecule has 0 aliphatic carbocycles. The molecule has 0 unspecified atom stereocenters. The summed E-state index contributed by atoms with van der Waals surface area (Å²) in [7, 11) is 2.09. The zero-order chi connectivity index (χ0) is 25.5. The fourth-order valence-corrected chi connectivity index (χ4v) is 3.80. The molecule has 34 heavy (non-hydrogen) atoms. The van der Waals surface area contributed by atoms with Crippen LogP contribution in [0.25, 0.3) is 0 Å². The molecule has 3 N–H and O–H groups in total. The monoisotopic (exact) mass is 483 g/mol. The van der Waals surface area contributed by atoms with Crippen LogP contribution in [0.3, 0.4) is 0 Å². The van der Waals surface area contributed by atoms with E-state index < -0.39 is 11.7 Å². The zero-order valence-corrected chi connectivity index (χ0v) is 21.6. The minimum Gasteiger partial charge on any atom is -0.872 e. The van der Waals surface area contributed by atoms with Crippen molar-refractivity contribution in [1.82, 2.24) is 0 Å². The van der Waals surface area contributed by atoms with Crippen molar-refractivity contribution in [1.29, 1.82) is 0 Å². The molecule has 0 aromatic heterocycles. The summed E-state index contributed by atoms with van der Waals surface area (Å²) in [6, 6.07) is 5.54. The number of carboxylic acid groups (broad SMARTS) is 1. The second-order valence-corrected chi connectivity index (χ2v) is 9.19. The standard InChI is InChI=1S/C20H44NO3.C7H6O3/c1-3-4-5-6-7-8-9-10-11-12-19-24-20-13-14-21(2,15-17-22)16-18-23;8-6-4-2-1-3-5(6)7(9)10/h22-23H,3-20H2,1-2H3;1-4,8H,(H,9,10)/q+1;/p-1. The summed E-state index contributed by atoms with van der Waals surface area (Å²) in [5.41, 5.74) is -0.178. The Morgan fingerprint density at radius 1 is 0.824 bits per heavy atom. The van der Waals surface area contributed by atoms with Crippen molar-refractivity contribution in [3.63, 3.8) is 0 Å². The Morgan fingerprint density at radius 3 is 1.79 bits per heavy atom. The van der Waals surface area contributed by atoms with E-state index in [-0.39, 0.29) is 18.8 Å². The summed E-state index contributed by atoms with van der Waals surface area (Å²) < 4.78 is 6.45. The predicted molar refractivity (Wildman–Crippen MR) is 135 cm³/mol. The Hall–Kier alpha value is -1.67. The molecule has 7 heteroatoms. The number of ether oxygens (including phenoxy) is 1. The van der Waals surface area contributed by atoms with Crippen molar-refractivity contribution in [2.24, 2.45) is 0 Å². The Morgan fingerprint density at radius 2 is 1.32 bits per heavy atom. The molecule has 1 aromatic rings. The molecule has 0 saturated carbocycles. The van der Waals surface area contributed by atoms with Crippen LogP contribution in [-0.2, 0) is 4.74 Å². The van der Waals surface area contributed by atoms with Crippen LogP contribution in [0.15, 0.2) is 24.3 Å². The highest BCUT2D eigenvalue weighted by molar-refractivity contribution is 5.90. The second kappa shape index (κ2) is 21.8. The molecule has 0 bridgehead atoms. The van der Waals surface area contributed by atoms with E-state index in [0.29, 0.717) is 13.1 Å². The van der Waals surface area contributed by atoms with Gasteiger partial charge in [-0.15, -0.1) is 0 Å². The summed E-state index contributed by atoms with van der Waals surface area (Å²) in [6.07, 6.45) is 14.6. The highest BCUT2D eigenvalue weighted by Crippen LogP contribution is 2.11. The summed E-state index contributed by atoms with van der Waals surface area (Å²) in [6.45, 7) is 6.66. The molecule has 0 aliphatic rings. The number of para-hydroxylation sites is 1. The van der Waals surface area contributed by atoms with Crippen molar-refractivity contribution >= 4 is 5.97 Å². The van der Waals surface area contributed by atoms with Crippen LogP contribution in [0.1, 0.15) is 87.9 Å². The Bertz CT molecular complexity index is 605. The van der Waals surface area contributed by atoms with Crippen LogP contribution in [0.4, 0.5) is 0 Å². The van der Waals surface area contributed by atoms with Crippen molar-refractivity contribution in [2.75, 3.05) is 53.1 Å². The van der Waals surface area contributed by atoms with Gasteiger partial charge in [0.2, 0.25) is 0 Å². The van der Waals surface area contributed by atoms with E-state index in [9.17, 15) is 9.90 Å². The average Bonchev–Trinajstić information content (AvgIpc) is 2.80. The molecule has 7 nitrogen and oxygen atoms in total. The van der Waals surface area contributed by atoms with Crippen molar-refractivity contribution in [3.8, 4) is 5.75 Å². The lowest BCUT2D eigenvalue weighted by Gasteiger charge is -2.33. The van der Waals surface area contributed by atoms with Gasteiger partial charge >= 0.3 is 5.97 Å². The molecule has 0 aliphatic heterocycles. The third-order valence-electron chi connectivity index (χ3n) is 6.03. The van der Waals surface area contributed by atoms with Crippen LogP contribution in [0.5, 0.6) is 5.75 Å². The number of quaternary nitrogens is 1.